The van der Waals surface area contributed by atoms with Gasteiger partial charge in [0, 0.05) is 6.42 Å². The molecule has 0 amide bonds. The first-order chi connectivity index (χ1) is 6.34. The first kappa shape index (κ1) is 11.5. The number of quaternary nitrogens is 1. The molecule has 2 N–H and O–H groups in total. The van der Waals surface area contributed by atoms with Crippen molar-refractivity contribution in [2.75, 3.05) is 21.1 Å². The second kappa shape index (κ2) is 3.87. The van der Waals surface area contributed by atoms with E-state index in [0.29, 0.717) is 10.9 Å². The SMILES string of the molecule is C[N+](C)(C)[C@H]1CCC[C@@H](C(=O)O)[C@H]1O. The van der Waals surface area contributed by atoms with Gasteiger partial charge < -0.3 is 14.7 Å². The quantitative estimate of drug-likeness (QED) is 0.633. The molecule has 1 aliphatic carbocycles. The van der Waals surface area contributed by atoms with Gasteiger partial charge in [-0.2, -0.15) is 0 Å². The van der Waals surface area contributed by atoms with Crippen LogP contribution >= 0.6 is 0 Å². The monoisotopic (exact) mass is 202 g/mol. The van der Waals surface area contributed by atoms with Gasteiger partial charge in [-0.1, -0.05) is 0 Å². The number of carbonyl (C=O) groups is 1. The van der Waals surface area contributed by atoms with Crippen LogP contribution in [0.15, 0.2) is 0 Å². The van der Waals surface area contributed by atoms with E-state index < -0.39 is 18.0 Å². The number of rotatable bonds is 2. The lowest BCUT2D eigenvalue weighted by atomic mass is 9.82. The van der Waals surface area contributed by atoms with Crippen LogP contribution in [0.25, 0.3) is 0 Å². The molecule has 0 aromatic heterocycles. The minimum absolute atomic E-state index is 0.0462. The Morgan fingerprint density at radius 1 is 1.29 bits per heavy atom. The predicted molar refractivity (Wildman–Crippen MR) is 52.8 cm³/mol. The number of carboxylic acids is 1. The molecule has 0 saturated heterocycles. The first-order valence-electron chi connectivity index (χ1n) is 5.06. The highest BCUT2D eigenvalue weighted by Crippen LogP contribution is 2.29. The molecular weight excluding hydrogens is 182 g/mol. The van der Waals surface area contributed by atoms with Gasteiger partial charge in [0.15, 0.2) is 0 Å². The molecule has 0 heterocycles. The summed E-state index contributed by atoms with van der Waals surface area (Å²) < 4.78 is 0.630. The molecular formula is C10H20NO3+. The van der Waals surface area contributed by atoms with E-state index in [-0.39, 0.29) is 6.04 Å². The topological polar surface area (TPSA) is 57.5 Å². The van der Waals surface area contributed by atoms with E-state index in [1.165, 1.54) is 0 Å². The fraction of sp³-hybridized carbons (Fsp3) is 0.900. The molecule has 1 fully saturated rings. The lowest BCUT2D eigenvalue weighted by Crippen LogP contribution is -2.56. The molecule has 0 aliphatic heterocycles. The average Bonchev–Trinajstić information content (AvgIpc) is 2.01. The van der Waals surface area contributed by atoms with Crippen molar-refractivity contribution >= 4 is 5.97 Å². The van der Waals surface area contributed by atoms with E-state index in [0.717, 1.165) is 12.8 Å². The van der Waals surface area contributed by atoms with Gasteiger partial charge in [-0.25, -0.2) is 0 Å². The van der Waals surface area contributed by atoms with E-state index in [1.807, 2.05) is 21.1 Å². The van der Waals surface area contributed by atoms with Gasteiger partial charge in [-0.3, -0.25) is 4.79 Å². The van der Waals surface area contributed by atoms with Crippen molar-refractivity contribution in [2.24, 2.45) is 5.92 Å². The van der Waals surface area contributed by atoms with E-state index in [1.54, 1.807) is 0 Å². The number of aliphatic carboxylic acids is 1. The third kappa shape index (κ3) is 2.25. The molecule has 0 aromatic carbocycles. The molecule has 14 heavy (non-hydrogen) atoms. The van der Waals surface area contributed by atoms with Crippen molar-refractivity contribution in [1.82, 2.24) is 0 Å². The maximum atomic E-state index is 10.9. The summed E-state index contributed by atoms with van der Waals surface area (Å²) in [6.07, 6.45) is 1.71. The van der Waals surface area contributed by atoms with Crippen molar-refractivity contribution in [3.8, 4) is 0 Å². The summed E-state index contributed by atoms with van der Waals surface area (Å²) in [6, 6.07) is 0.0462. The molecule has 1 rings (SSSR count). The fourth-order valence-electron chi connectivity index (χ4n) is 2.27. The Balaban J connectivity index is 2.76. The van der Waals surface area contributed by atoms with Crippen LogP contribution in [0.5, 0.6) is 0 Å². The van der Waals surface area contributed by atoms with E-state index in [9.17, 15) is 9.90 Å². The third-order valence-electron chi connectivity index (χ3n) is 3.13. The molecule has 0 unspecified atom stereocenters. The van der Waals surface area contributed by atoms with Gasteiger partial charge >= 0.3 is 5.97 Å². The summed E-state index contributed by atoms with van der Waals surface area (Å²) in [7, 11) is 5.99. The summed E-state index contributed by atoms with van der Waals surface area (Å²) >= 11 is 0. The first-order valence-corrected chi connectivity index (χ1v) is 5.06. The van der Waals surface area contributed by atoms with Crippen LogP contribution in [0.1, 0.15) is 19.3 Å². The maximum absolute atomic E-state index is 10.9. The van der Waals surface area contributed by atoms with Gasteiger partial charge in [-0.15, -0.1) is 0 Å². The van der Waals surface area contributed by atoms with E-state index >= 15 is 0 Å². The number of aliphatic hydroxyl groups is 1. The largest absolute Gasteiger partial charge is 0.481 e. The lowest BCUT2D eigenvalue weighted by Gasteiger charge is -2.41. The number of aliphatic hydroxyl groups excluding tert-OH is 1. The molecule has 3 atom stereocenters. The average molecular weight is 202 g/mol. The fourth-order valence-corrected chi connectivity index (χ4v) is 2.27. The molecule has 0 aromatic rings. The van der Waals surface area contributed by atoms with Gasteiger partial charge in [0.05, 0.1) is 27.1 Å². The Morgan fingerprint density at radius 2 is 1.86 bits per heavy atom. The Bertz CT molecular complexity index is 222. The van der Waals surface area contributed by atoms with Crippen LogP contribution in [-0.2, 0) is 4.79 Å². The highest BCUT2D eigenvalue weighted by Gasteiger charge is 2.42. The number of likely N-dealkylation sites (N-methyl/N-ethyl adjacent to an activating group) is 1. The summed E-state index contributed by atoms with van der Waals surface area (Å²) in [5.74, 6) is -1.44. The van der Waals surface area contributed by atoms with Crippen LogP contribution in [0.3, 0.4) is 0 Å². The lowest BCUT2D eigenvalue weighted by molar-refractivity contribution is -0.901. The van der Waals surface area contributed by atoms with E-state index in [4.69, 9.17) is 5.11 Å². The van der Waals surface area contributed by atoms with Gasteiger partial charge in [0.1, 0.15) is 12.1 Å². The Labute approximate surface area is 84.7 Å². The zero-order valence-electron chi connectivity index (χ0n) is 9.10. The number of nitrogens with zero attached hydrogens (tertiary/aromatic N) is 1. The smallest absolute Gasteiger partial charge is 0.309 e. The molecule has 4 nitrogen and oxygen atoms in total. The second-order valence-electron chi connectivity index (χ2n) is 5.05. The number of carboxylic acid groups (broad SMARTS) is 1. The highest BCUT2D eigenvalue weighted by atomic mass is 16.4. The Hall–Kier alpha value is -0.610. The van der Waals surface area contributed by atoms with Crippen molar-refractivity contribution in [1.29, 1.82) is 0 Å². The van der Waals surface area contributed by atoms with Crippen LogP contribution in [-0.4, -0.2) is 54.0 Å². The number of hydrogen-bond donors (Lipinski definition) is 2. The third-order valence-corrected chi connectivity index (χ3v) is 3.13. The zero-order chi connectivity index (χ0) is 10.9. The molecule has 0 radical (unpaired) electrons. The van der Waals surface area contributed by atoms with Crippen LogP contribution < -0.4 is 0 Å². The summed E-state index contributed by atoms with van der Waals surface area (Å²) in [6.45, 7) is 0. The van der Waals surface area contributed by atoms with Gasteiger partial charge in [0.2, 0.25) is 0 Å². The minimum atomic E-state index is -0.865. The Kier molecular flexibility index (Phi) is 3.17. The molecule has 1 aliphatic rings. The summed E-state index contributed by atoms with van der Waals surface area (Å²) in [5, 5.41) is 18.9. The standard InChI is InChI=1S/C10H19NO3/c1-11(2,3)8-6-4-5-7(9(8)12)10(13)14/h7-9,12H,4-6H2,1-3H3/p+1/t7-,8+,9-/m1/s1. The Morgan fingerprint density at radius 3 is 2.29 bits per heavy atom. The molecule has 4 heteroatoms. The van der Waals surface area contributed by atoms with Crippen LogP contribution in [0, 0.1) is 5.92 Å². The molecule has 0 spiro atoms. The summed E-state index contributed by atoms with van der Waals surface area (Å²) in [4.78, 5) is 10.9. The van der Waals surface area contributed by atoms with Crippen molar-refractivity contribution in [3.63, 3.8) is 0 Å². The van der Waals surface area contributed by atoms with Gasteiger partial charge in [-0.05, 0) is 12.8 Å². The van der Waals surface area contributed by atoms with Crippen molar-refractivity contribution < 1.29 is 19.5 Å². The molecule has 82 valence electrons. The zero-order valence-corrected chi connectivity index (χ0v) is 9.10. The molecule has 1 saturated carbocycles. The van der Waals surface area contributed by atoms with Gasteiger partial charge in [0.25, 0.3) is 0 Å². The summed E-state index contributed by atoms with van der Waals surface area (Å²) in [5.41, 5.74) is 0. The second-order valence-corrected chi connectivity index (χ2v) is 5.05. The van der Waals surface area contributed by atoms with E-state index in [2.05, 4.69) is 0 Å². The van der Waals surface area contributed by atoms with Crippen LogP contribution in [0.2, 0.25) is 0 Å². The normalized spacial score (nSPS) is 34.1. The van der Waals surface area contributed by atoms with Crippen molar-refractivity contribution in [2.45, 2.75) is 31.4 Å². The van der Waals surface area contributed by atoms with Crippen LogP contribution in [0.4, 0.5) is 0 Å². The predicted octanol–water partition coefficient (Wildman–Crippen LogP) is 0.307. The minimum Gasteiger partial charge on any atom is -0.481 e. The maximum Gasteiger partial charge on any atom is 0.309 e. The highest BCUT2D eigenvalue weighted by molar-refractivity contribution is 5.70. The number of hydrogen-bond acceptors (Lipinski definition) is 2. The van der Waals surface area contributed by atoms with Crippen molar-refractivity contribution in [3.05, 3.63) is 0 Å². The molecule has 0 bridgehead atoms.